The molecule has 1 saturated heterocycles. The lowest BCUT2D eigenvalue weighted by Crippen LogP contribution is -2.59. The van der Waals surface area contributed by atoms with Crippen LogP contribution >= 0.6 is 0 Å². The number of hydrogen-bond acceptors (Lipinski definition) is 5. The van der Waals surface area contributed by atoms with Crippen LogP contribution in [-0.2, 0) is 0 Å². The van der Waals surface area contributed by atoms with Gasteiger partial charge in [0, 0.05) is 6.54 Å². The Morgan fingerprint density at radius 3 is 2.18 bits per heavy atom. The summed E-state index contributed by atoms with van der Waals surface area (Å²) < 4.78 is 0. The first-order chi connectivity index (χ1) is 5.04. The van der Waals surface area contributed by atoms with Crippen LogP contribution in [-0.4, -0.2) is 63.5 Å². The Morgan fingerprint density at radius 2 is 1.64 bits per heavy atom. The molecule has 0 aromatic rings. The van der Waals surface area contributed by atoms with E-state index in [1.165, 1.54) is 4.90 Å². The number of likely N-dealkylation sites (N-methyl/N-ethyl adjacent to an activating group) is 1. The van der Waals surface area contributed by atoms with Gasteiger partial charge in [0.15, 0.2) is 0 Å². The molecule has 1 heterocycles. The Labute approximate surface area is 64.5 Å². The average molecular weight is 163 g/mol. The van der Waals surface area contributed by atoms with Gasteiger partial charge in [-0.1, -0.05) is 0 Å². The monoisotopic (exact) mass is 163 g/mol. The van der Waals surface area contributed by atoms with E-state index in [0.717, 1.165) is 0 Å². The topological polar surface area (TPSA) is 84.2 Å². The molecule has 1 fully saturated rings. The van der Waals surface area contributed by atoms with Crippen LogP contribution in [0.5, 0.6) is 0 Å². The zero-order valence-electron chi connectivity index (χ0n) is 6.25. The Hall–Kier alpha value is -0.200. The molecular weight excluding hydrogens is 150 g/mol. The van der Waals surface area contributed by atoms with Gasteiger partial charge in [-0.15, -0.1) is 0 Å². The van der Waals surface area contributed by atoms with Crippen molar-refractivity contribution in [1.82, 2.24) is 4.90 Å². The number of likely N-dealkylation sites (tertiary alicyclic amines) is 1. The number of β-amino-alcohol motifs (C(OH)–C–C–N with tert-alkyl or cyclic N) is 1. The van der Waals surface area contributed by atoms with Crippen LogP contribution in [0.1, 0.15) is 0 Å². The summed E-state index contributed by atoms with van der Waals surface area (Å²) >= 11 is 0. The molecule has 0 spiro atoms. The van der Waals surface area contributed by atoms with Gasteiger partial charge < -0.3 is 20.4 Å². The van der Waals surface area contributed by atoms with E-state index in [1.807, 2.05) is 0 Å². The first kappa shape index (κ1) is 8.89. The van der Waals surface area contributed by atoms with E-state index in [0.29, 0.717) is 0 Å². The second-order valence-electron chi connectivity index (χ2n) is 2.90. The van der Waals surface area contributed by atoms with Gasteiger partial charge in [-0.25, -0.2) is 0 Å². The van der Waals surface area contributed by atoms with Crippen LogP contribution in [0.2, 0.25) is 0 Å². The molecule has 66 valence electrons. The predicted molar refractivity (Wildman–Crippen MR) is 36.7 cm³/mol. The minimum atomic E-state index is -1.29. The molecular formula is C6H13NO4. The fourth-order valence-corrected chi connectivity index (χ4v) is 1.18. The summed E-state index contributed by atoms with van der Waals surface area (Å²) in [5.41, 5.74) is 0. The van der Waals surface area contributed by atoms with E-state index in [-0.39, 0.29) is 6.54 Å². The minimum absolute atomic E-state index is 0.166. The molecule has 1 aliphatic rings. The maximum Gasteiger partial charge on any atom is 0.136 e. The van der Waals surface area contributed by atoms with Gasteiger partial charge in [-0.05, 0) is 7.05 Å². The number of aliphatic hydroxyl groups is 4. The van der Waals surface area contributed by atoms with Crippen molar-refractivity contribution in [3.8, 4) is 0 Å². The lowest BCUT2D eigenvalue weighted by atomic mass is 10.0. The summed E-state index contributed by atoms with van der Waals surface area (Å²) in [5.74, 6) is 0. The van der Waals surface area contributed by atoms with Crippen molar-refractivity contribution in [2.75, 3.05) is 13.6 Å². The van der Waals surface area contributed by atoms with E-state index < -0.39 is 24.5 Å². The highest BCUT2D eigenvalue weighted by Gasteiger charge is 2.38. The largest absolute Gasteiger partial charge is 0.389 e. The van der Waals surface area contributed by atoms with E-state index in [9.17, 15) is 0 Å². The summed E-state index contributed by atoms with van der Waals surface area (Å²) in [6.45, 7) is 0.166. The van der Waals surface area contributed by atoms with Gasteiger partial charge in [0.25, 0.3) is 0 Å². The van der Waals surface area contributed by atoms with Crippen molar-refractivity contribution < 1.29 is 20.4 Å². The second kappa shape index (κ2) is 3.04. The van der Waals surface area contributed by atoms with E-state index in [2.05, 4.69) is 0 Å². The van der Waals surface area contributed by atoms with Crippen LogP contribution in [0.4, 0.5) is 0 Å². The summed E-state index contributed by atoms with van der Waals surface area (Å²) in [4.78, 5) is 1.38. The first-order valence-electron chi connectivity index (χ1n) is 3.46. The van der Waals surface area contributed by atoms with Crippen LogP contribution in [0.15, 0.2) is 0 Å². The van der Waals surface area contributed by atoms with Gasteiger partial charge in [-0.3, -0.25) is 4.90 Å². The molecule has 11 heavy (non-hydrogen) atoms. The molecule has 4 N–H and O–H groups in total. The molecule has 0 aromatic heterocycles. The number of hydrogen-bond donors (Lipinski definition) is 4. The van der Waals surface area contributed by atoms with Crippen molar-refractivity contribution >= 4 is 0 Å². The summed E-state index contributed by atoms with van der Waals surface area (Å²) in [6.07, 6.45) is -4.61. The van der Waals surface area contributed by atoms with Gasteiger partial charge in [-0.2, -0.15) is 0 Å². The van der Waals surface area contributed by atoms with Crippen molar-refractivity contribution in [2.45, 2.75) is 24.5 Å². The van der Waals surface area contributed by atoms with Gasteiger partial charge >= 0.3 is 0 Å². The Morgan fingerprint density at radius 1 is 1.09 bits per heavy atom. The van der Waals surface area contributed by atoms with Gasteiger partial charge in [0.2, 0.25) is 0 Å². The fraction of sp³-hybridized carbons (Fsp3) is 1.00. The Kier molecular flexibility index (Phi) is 2.46. The van der Waals surface area contributed by atoms with Crippen LogP contribution in [0, 0.1) is 0 Å². The third kappa shape index (κ3) is 1.52. The number of aliphatic hydroxyl groups excluding tert-OH is 4. The smallest absolute Gasteiger partial charge is 0.136 e. The third-order valence-electron chi connectivity index (χ3n) is 1.98. The molecule has 0 bridgehead atoms. The Balaban J connectivity index is 2.63. The molecule has 0 aromatic carbocycles. The summed E-state index contributed by atoms with van der Waals surface area (Å²) in [6, 6.07) is 0. The molecule has 1 aliphatic heterocycles. The number of piperidine rings is 1. The molecule has 4 atom stereocenters. The predicted octanol–water partition coefficient (Wildman–Crippen LogP) is -2.67. The van der Waals surface area contributed by atoms with Crippen molar-refractivity contribution in [2.24, 2.45) is 0 Å². The van der Waals surface area contributed by atoms with Crippen LogP contribution in [0.25, 0.3) is 0 Å². The molecule has 5 nitrogen and oxygen atoms in total. The zero-order chi connectivity index (χ0) is 8.59. The molecule has 0 amide bonds. The summed E-state index contributed by atoms with van der Waals surface area (Å²) in [7, 11) is 1.56. The Bertz CT molecular complexity index is 129. The maximum absolute atomic E-state index is 9.14. The molecule has 4 unspecified atom stereocenters. The second-order valence-corrected chi connectivity index (χ2v) is 2.90. The average Bonchev–Trinajstić information content (AvgIpc) is 1.97. The van der Waals surface area contributed by atoms with Crippen molar-refractivity contribution in [3.63, 3.8) is 0 Å². The molecule has 0 aliphatic carbocycles. The highest BCUT2D eigenvalue weighted by Crippen LogP contribution is 2.14. The van der Waals surface area contributed by atoms with Crippen molar-refractivity contribution in [1.29, 1.82) is 0 Å². The lowest BCUT2D eigenvalue weighted by Gasteiger charge is -2.38. The highest BCUT2D eigenvalue weighted by atomic mass is 16.4. The van der Waals surface area contributed by atoms with E-state index in [4.69, 9.17) is 20.4 Å². The maximum atomic E-state index is 9.14. The standard InChI is InChI=1S/C6H13NO4/c1-7-2-3(8)4(9)5(10)6(7)11/h3-6,8-11H,2H2,1H3. The highest BCUT2D eigenvalue weighted by molar-refractivity contribution is 4.87. The normalized spacial score (nSPS) is 47.7. The quantitative estimate of drug-likeness (QED) is 0.313. The molecule has 0 saturated carbocycles. The number of nitrogens with zero attached hydrogens (tertiary/aromatic N) is 1. The SMILES string of the molecule is CN1CC(O)C(O)C(O)C1O. The van der Waals surface area contributed by atoms with Crippen LogP contribution in [0.3, 0.4) is 0 Å². The summed E-state index contributed by atoms with van der Waals surface area (Å²) in [5, 5.41) is 36.3. The molecule has 0 radical (unpaired) electrons. The molecule has 1 rings (SSSR count). The number of rotatable bonds is 0. The fourth-order valence-electron chi connectivity index (χ4n) is 1.18. The molecule has 5 heteroatoms. The van der Waals surface area contributed by atoms with Crippen LogP contribution < -0.4 is 0 Å². The van der Waals surface area contributed by atoms with Gasteiger partial charge in [0.05, 0.1) is 6.10 Å². The minimum Gasteiger partial charge on any atom is -0.389 e. The lowest BCUT2D eigenvalue weighted by molar-refractivity contribution is -0.187. The third-order valence-corrected chi connectivity index (χ3v) is 1.98. The van der Waals surface area contributed by atoms with E-state index in [1.54, 1.807) is 7.05 Å². The zero-order valence-corrected chi connectivity index (χ0v) is 6.25. The van der Waals surface area contributed by atoms with E-state index >= 15 is 0 Å². The van der Waals surface area contributed by atoms with Crippen molar-refractivity contribution in [3.05, 3.63) is 0 Å². The first-order valence-corrected chi connectivity index (χ1v) is 3.46. The van der Waals surface area contributed by atoms with Gasteiger partial charge in [0.1, 0.15) is 18.4 Å².